The lowest BCUT2D eigenvalue weighted by atomic mass is 9.97. The second kappa shape index (κ2) is 14.2. The van der Waals surface area contributed by atoms with Crippen LogP contribution in [-0.2, 0) is 0 Å². The zero-order valence-corrected chi connectivity index (χ0v) is 10.9. The highest BCUT2D eigenvalue weighted by molar-refractivity contribution is 5.33. The van der Waals surface area contributed by atoms with E-state index in [9.17, 15) is 0 Å². The van der Waals surface area contributed by atoms with Gasteiger partial charge in [-0.05, 0) is 37.8 Å². The monoisotopic (exact) mass is 226 g/mol. The van der Waals surface area contributed by atoms with E-state index in [1.807, 2.05) is 19.9 Å². The van der Waals surface area contributed by atoms with Crippen molar-refractivity contribution in [1.82, 2.24) is 0 Å². The minimum Gasteiger partial charge on any atom is -0.0988 e. The van der Waals surface area contributed by atoms with Gasteiger partial charge in [0, 0.05) is 0 Å². The molecule has 0 heterocycles. The first kappa shape index (κ1) is 24.4. The van der Waals surface area contributed by atoms with Gasteiger partial charge >= 0.3 is 0 Å². The molecule has 0 N–H and O–H groups in total. The SMILES string of the molecule is C.C.C=C/C(=C(/C)C=C(C)C)C(C)C.CC. The zero-order chi connectivity index (χ0) is 11.7. The summed E-state index contributed by atoms with van der Waals surface area (Å²) in [6.45, 7) is 18.6. The minimum atomic E-state index is 0. The van der Waals surface area contributed by atoms with Gasteiger partial charge in [0.15, 0.2) is 0 Å². The Hall–Kier alpha value is -0.780. The maximum absolute atomic E-state index is 3.82. The second-order valence-electron chi connectivity index (χ2n) is 3.72. The normalized spacial score (nSPS) is 9.75. The fraction of sp³-hybridized carbons (Fsp3) is 0.625. The van der Waals surface area contributed by atoms with E-state index in [1.54, 1.807) is 0 Å². The lowest BCUT2D eigenvalue weighted by Gasteiger charge is -2.09. The molecule has 0 aliphatic carbocycles. The first-order valence-corrected chi connectivity index (χ1v) is 5.47. The van der Waals surface area contributed by atoms with E-state index in [2.05, 4.69) is 47.3 Å². The fourth-order valence-electron chi connectivity index (χ4n) is 1.37. The molecule has 0 spiro atoms. The number of hydrogen-bond donors (Lipinski definition) is 0. The van der Waals surface area contributed by atoms with Crippen LogP contribution in [-0.4, -0.2) is 0 Å². The smallest absolute Gasteiger partial charge is 0.0216 e. The average molecular weight is 226 g/mol. The lowest BCUT2D eigenvalue weighted by Crippen LogP contribution is -1.93. The summed E-state index contributed by atoms with van der Waals surface area (Å²) in [7, 11) is 0. The van der Waals surface area contributed by atoms with Crippen molar-refractivity contribution in [3.8, 4) is 0 Å². The third kappa shape index (κ3) is 11.3. The van der Waals surface area contributed by atoms with E-state index in [0.717, 1.165) is 0 Å². The van der Waals surface area contributed by atoms with Crippen LogP contribution in [0.5, 0.6) is 0 Å². The van der Waals surface area contributed by atoms with Crippen LogP contribution in [0.1, 0.15) is 63.3 Å². The molecule has 0 bridgehead atoms. The van der Waals surface area contributed by atoms with Crippen LogP contribution in [0.3, 0.4) is 0 Å². The van der Waals surface area contributed by atoms with E-state index >= 15 is 0 Å². The first-order valence-electron chi connectivity index (χ1n) is 5.47. The Balaban J connectivity index is -0.000000169. The van der Waals surface area contributed by atoms with Crippen molar-refractivity contribution in [3.05, 3.63) is 35.5 Å². The van der Waals surface area contributed by atoms with Gasteiger partial charge in [0.25, 0.3) is 0 Å². The first-order chi connectivity index (χ1) is 6.49. The van der Waals surface area contributed by atoms with Crippen molar-refractivity contribution in [3.63, 3.8) is 0 Å². The van der Waals surface area contributed by atoms with Crippen LogP contribution in [0.4, 0.5) is 0 Å². The lowest BCUT2D eigenvalue weighted by molar-refractivity contribution is 0.784. The molecule has 16 heavy (non-hydrogen) atoms. The minimum absolute atomic E-state index is 0. The molecule has 0 aliphatic rings. The summed E-state index contributed by atoms with van der Waals surface area (Å²) in [5.74, 6) is 0.568. The van der Waals surface area contributed by atoms with E-state index in [-0.39, 0.29) is 14.9 Å². The Morgan fingerprint density at radius 1 is 1.00 bits per heavy atom. The Morgan fingerprint density at radius 3 is 1.56 bits per heavy atom. The Morgan fingerprint density at radius 2 is 1.38 bits per heavy atom. The van der Waals surface area contributed by atoms with E-state index < -0.39 is 0 Å². The molecule has 0 radical (unpaired) electrons. The molecule has 0 heteroatoms. The maximum Gasteiger partial charge on any atom is -0.0216 e. The zero-order valence-electron chi connectivity index (χ0n) is 10.9. The highest BCUT2D eigenvalue weighted by atomic mass is 14.1. The molecule has 0 amide bonds. The third-order valence-corrected chi connectivity index (χ3v) is 1.80. The molecule has 0 atom stereocenters. The topological polar surface area (TPSA) is 0 Å². The van der Waals surface area contributed by atoms with Gasteiger partial charge in [0.05, 0.1) is 0 Å². The predicted molar refractivity (Wildman–Crippen MR) is 82.0 cm³/mol. The molecule has 0 unspecified atom stereocenters. The van der Waals surface area contributed by atoms with Crippen molar-refractivity contribution in [1.29, 1.82) is 0 Å². The Labute approximate surface area is 105 Å². The molecule has 0 aromatic heterocycles. The molecule has 0 nitrogen and oxygen atoms in total. The fourth-order valence-corrected chi connectivity index (χ4v) is 1.37. The van der Waals surface area contributed by atoms with Crippen LogP contribution >= 0.6 is 0 Å². The van der Waals surface area contributed by atoms with Gasteiger partial charge < -0.3 is 0 Å². The summed E-state index contributed by atoms with van der Waals surface area (Å²) in [5.41, 5.74) is 4.02. The van der Waals surface area contributed by atoms with E-state index in [4.69, 9.17) is 0 Å². The number of allylic oxidation sites excluding steroid dienone is 5. The van der Waals surface area contributed by atoms with Crippen LogP contribution in [0.2, 0.25) is 0 Å². The average Bonchev–Trinajstić information content (AvgIpc) is 2.06. The molecular formula is C16H34. The van der Waals surface area contributed by atoms with Gasteiger partial charge in [0.2, 0.25) is 0 Å². The molecule has 98 valence electrons. The highest BCUT2D eigenvalue weighted by Gasteiger charge is 2.00. The molecule has 0 aliphatic heterocycles. The third-order valence-electron chi connectivity index (χ3n) is 1.80. The summed E-state index contributed by atoms with van der Waals surface area (Å²) in [6, 6.07) is 0. The highest BCUT2D eigenvalue weighted by Crippen LogP contribution is 2.17. The quantitative estimate of drug-likeness (QED) is 0.488. The van der Waals surface area contributed by atoms with Gasteiger partial charge in [-0.25, -0.2) is 0 Å². The molecule has 0 aromatic rings. The molecule has 0 fully saturated rings. The van der Waals surface area contributed by atoms with Crippen molar-refractivity contribution in [2.75, 3.05) is 0 Å². The summed E-state index contributed by atoms with van der Waals surface area (Å²) in [6.07, 6.45) is 4.16. The van der Waals surface area contributed by atoms with Gasteiger partial charge in [-0.2, -0.15) is 0 Å². The molecular weight excluding hydrogens is 192 g/mol. The van der Waals surface area contributed by atoms with Gasteiger partial charge in [-0.3, -0.25) is 0 Å². The van der Waals surface area contributed by atoms with Gasteiger partial charge in [-0.15, -0.1) is 0 Å². The number of rotatable bonds is 3. The van der Waals surface area contributed by atoms with Gasteiger partial charge in [0.1, 0.15) is 0 Å². The molecule has 0 aromatic carbocycles. The molecule has 0 saturated heterocycles. The van der Waals surface area contributed by atoms with Crippen molar-refractivity contribution >= 4 is 0 Å². The Bertz CT molecular complexity index is 210. The van der Waals surface area contributed by atoms with Crippen LogP contribution in [0, 0.1) is 5.92 Å². The maximum atomic E-state index is 3.82. The standard InChI is InChI=1S/C12H20.C2H6.2CH4/c1-7-12(10(4)5)11(6)8-9(2)3;1-2;;/h7-8,10H,1H2,2-6H3;1-2H3;2*1H4/b12-11+;;;. The predicted octanol–water partition coefficient (Wildman–Crippen LogP) is 6.41. The van der Waals surface area contributed by atoms with Crippen molar-refractivity contribution in [2.24, 2.45) is 5.92 Å². The van der Waals surface area contributed by atoms with Crippen molar-refractivity contribution in [2.45, 2.75) is 63.3 Å². The summed E-state index contributed by atoms with van der Waals surface area (Å²) >= 11 is 0. The van der Waals surface area contributed by atoms with Gasteiger partial charge in [-0.1, -0.05) is 66.9 Å². The van der Waals surface area contributed by atoms with Crippen molar-refractivity contribution < 1.29 is 0 Å². The summed E-state index contributed by atoms with van der Waals surface area (Å²) in [5, 5.41) is 0. The molecule has 0 saturated carbocycles. The van der Waals surface area contributed by atoms with Crippen LogP contribution < -0.4 is 0 Å². The Kier molecular flexibility index (Phi) is 21.7. The van der Waals surface area contributed by atoms with E-state index in [0.29, 0.717) is 5.92 Å². The van der Waals surface area contributed by atoms with E-state index in [1.165, 1.54) is 16.7 Å². The summed E-state index contributed by atoms with van der Waals surface area (Å²) < 4.78 is 0. The van der Waals surface area contributed by atoms with Crippen LogP contribution in [0.15, 0.2) is 35.5 Å². The van der Waals surface area contributed by atoms with Crippen LogP contribution in [0.25, 0.3) is 0 Å². The largest absolute Gasteiger partial charge is 0.0988 e. The summed E-state index contributed by atoms with van der Waals surface area (Å²) in [4.78, 5) is 0. The molecule has 0 rings (SSSR count). The number of hydrogen-bond acceptors (Lipinski definition) is 0. The second-order valence-corrected chi connectivity index (χ2v) is 3.72.